The third-order valence-electron chi connectivity index (χ3n) is 3.69. The van der Waals surface area contributed by atoms with Crippen LogP contribution in [0.15, 0.2) is 0 Å². The van der Waals surface area contributed by atoms with Gasteiger partial charge in [0.15, 0.2) is 0 Å². The van der Waals surface area contributed by atoms with Crippen LogP contribution in [0.25, 0.3) is 0 Å². The van der Waals surface area contributed by atoms with E-state index in [9.17, 15) is 4.79 Å². The van der Waals surface area contributed by atoms with Gasteiger partial charge in [0.2, 0.25) is 5.91 Å². The Labute approximate surface area is 117 Å². The molecule has 2 rings (SSSR count). The molecular weight excluding hydrogens is 258 g/mol. The summed E-state index contributed by atoms with van der Waals surface area (Å²) in [7, 11) is 0. The molecule has 0 saturated carbocycles. The molecule has 1 amide bonds. The molecule has 1 aliphatic rings. The Hall–Kier alpha value is -1.38. The van der Waals surface area contributed by atoms with E-state index < -0.39 is 0 Å². The van der Waals surface area contributed by atoms with E-state index in [2.05, 4.69) is 16.7 Å². The van der Waals surface area contributed by atoms with Gasteiger partial charge in [0.1, 0.15) is 11.1 Å². The van der Waals surface area contributed by atoms with Crippen LogP contribution >= 0.6 is 11.3 Å². The number of amides is 1. The predicted octanol–water partition coefficient (Wildman–Crippen LogP) is 2.56. The molecule has 19 heavy (non-hydrogen) atoms. The van der Waals surface area contributed by atoms with Gasteiger partial charge in [-0.05, 0) is 51.3 Å². The van der Waals surface area contributed by atoms with Crippen LogP contribution in [0.3, 0.4) is 0 Å². The van der Waals surface area contributed by atoms with Crippen molar-refractivity contribution in [3.8, 4) is 6.07 Å². The summed E-state index contributed by atoms with van der Waals surface area (Å²) in [5.74, 6) is 0.637. The summed E-state index contributed by atoms with van der Waals surface area (Å²) in [4.78, 5) is 13.0. The lowest BCUT2D eigenvalue weighted by Gasteiger charge is -2.07. The number of nitrogens with zero attached hydrogens (tertiary/aromatic N) is 1. The number of aryl methyl sites for hydroxylation is 1. The Morgan fingerprint density at radius 3 is 3.00 bits per heavy atom. The van der Waals surface area contributed by atoms with Crippen molar-refractivity contribution in [2.24, 2.45) is 5.92 Å². The fraction of sp³-hybridized carbons (Fsp3) is 0.571. The van der Waals surface area contributed by atoms with Crippen molar-refractivity contribution in [1.29, 1.82) is 5.26 Å². The van der Waals surface area contributed by atoms with Crippen molar-refractivity contribution < 1.29 is 4.79 Å². The lowest BCUT2D eigenvalue weighted by Crippen LogP contribution is -2.14. The molecule has 1 fully saturated rings. The number of rotatable bonds is 4. The first-order valence-electron chi connectivity index (χ1n) is 6.62. The zero-order valence-corrected chi connectivity index (χ0v) is 12.2. The fourth-order valence-corrected chi connectivity index (χ4v) is 3.36. The van der Waals surface area contributed by atoms with Gasteiger partial charge in [0.25, 0.3) is 0 Å². The SMILES string of the molecule is Cc1sc(NC(=O)CCC2CCNC2)c(C#N)c1C. The van der Waals surface area contributed by atoms with Crippen LogP contribution in [0.5, 0.6) is 0 Å². The van der Waals surface area contributed by atoms with Gasteiger partial charge in [0, 0.05) is 11.3 Å². The maximum absolute atomic E-state index is 11.9. The summed E-state index contributed by atoms with van der Waals surface area (Å²) >= 11 is 1.49. The molecule has 1 aromatic rings. The van der Waals surface area contributed by atoms with Gasteiger partial charge in [-0.1, -0.05) is 0 Å². The fourth-order valence-electron chi connectivity index (χ4n) is 2.33. The minimum Gasteiger partial charge on any atom is -0.317 e. The highest BCUT2D eigenvalue weighted by atomic mass is 32.1. The minimum atomic E-state index is 0.0182. The van der Waals surface area contributed by atoms with Crippen LogP contribution in [0.1, 0.15) is 35.3 Å². The number of hydrogen-bond acceptors (Lipinski definition) is 4. The van der Waals surface area contributed by atoms with E-state index in [0.717, 1.165) is 36.4 Å². The molecule has 2 heterocycles. The van der Waals surface area contributed by atoms with E-state index in [1.54, 1.807) is 0 Å². The number of nitriles is 1. The quantitative estimate of drug-likeness (QED) is 0.889. The molecule has 0 aromatic carbocycles. The summed E-state index contributed by atoms with van der Waals surface area (Å²) in [6.45, 7) is 5.98. The predicted molar refractivity (Wildman–Crippen MR) is 77.3 cm³/mol. The molecule has 0 spiro atoms. The molecule has 1 aliphatic heterocycles. The molecule has 0 radical (unpaired) electrons. The lowest BCUT2D eigenvalue weighted by atomic mass is 10.0. The van der Waals surface area contributed by atoms with Crippen molar-refractivity contribution >= 4 is 22.2 Å². The molecule has 0 bridgehead atoms. The highest BCUT2D eigenvalue weighted by Gasteiger charge is 2.18. The van der Waals surface area contributed by atoms with E-state index in [0.29, 0.717) is 22.9 Å². The van der Waals surface area contributed by atoms with E-state index in [1.807, 2.05) is 13.8 Å². The Balaban J connectivity index is 1.91. The monoisotopic (exact) mass is 277 g/mol. The molecule has 1 aromatic heterocycles. The second kappa shape index (κ2) is 6.18. The normalized spacial score (nSPS) is 18.3. The molecule has 1 unspecified atom stereocenters. The van der Waals surface area contributed by atoms with Crippen molar-refractivity contribution in [2.75, 3.05) is 18.4 Å². The molecule has 2 N–H and O–H groups in total. The summed E-state index contributed by atoms with van der Waals surface area (Å²) < 4.78 is 0. The molecule has 1 atom stereocenters. The van der Waals surface area contributed by atoms with Gasteiger partial charge in [0.05, 0.1) is 5.56 Å². The van der Waals surface area contributed by atoms with Crippen LogP contribution in [0, 0.1) is 31.1 Å². The minimum absolute atomic E-state index is 0.0182. The first-order chi connectivity index (χ1) is 9.11. The summed E-state index contributed by atoms with van der Waals surface area (Å²) in [6, 6.07) is 2.17. The zero-order valence-electron chi connectivity index (χ0n) is 11.4. The Bertz CT molecular complexity index is 509. The van der Waals surface area contributed by atoms with Gasteiger partial charge in [-0.25, -0.2) is 0 Å². The van der Waals surface area contributed by atoms with E-state index in [4.69, 9.17) is 5.26 Å². The van der Waals surface area contributed by atoms with Crippen LogP contribution in [-0.2, 0) is 4.79 Å². The van der Waals surface area contributed by atoms with E-state index >= 15 is 0 Å². The van der Waals surface area contributed by atoms with Crippen molar-refractivity contribution in [3.05, 3.63) is 16.0 Å². The summed E-state index contributed by atoms with van der Waals surface area (Å²) in [5, 5.41) is 16.0. The number of hydrogen-bond donors (Lipinski definition) is 2. The highest BCUT2D eigenvalue weighted by molar-refractivity contribution is 7.16. The average molecular weight is 277 g/mol. The molecule has 4 nitrogen and oxygen atoms in total. The van der Waals surface area contributed by atoms with Crippen molar-refractivity contribution in [3.63, 3.8) is 0 Å². The van der Waals surface area contributed by atoms with E-state index in [1.165, 1.54) is 11.3 Å². The largest absolute Gasteiger partial charge is 0.317 e. The number of nitrogens with one attached hydrogen (secondary N) is 2. The number of carbonyl (C=O) groups excluding carboxylic acids is 1. The molecule has 102 valence electrons. The standard InChI is InChI=1S/C14H19N3OS/c1-9-10(2)19-14(12(9)7-15)17-13(18)4-3-11-5-6-16-8-11/h11,16H,3-6,8H2,1-2H3,(H,17,18). The maximum Gasteiger partial charge on any atom is 0.225 e. The van der Waals surface area contributed by atoms with E-state index in [-0.39, 0.29) is 5.91 Å². The van der Waals surface area contributed by atoms with Crippen LogP contribution in [0.4, 0.5) is 5.00 Å². The Morgan fingerprint density at radius 1 is 1.58 bits per heavy atom. The van der Waals surface area contributed by atoms with Crippen molar-refractivity contribution in [2.45, 2.75) is 33.1 Å². The second-order valence-corrected chi connectivity index (χ2v) is 6.27. The van der Waals surface area contributed by atoms with Gasteiger partial charge < -0.3 is 10.6 Å². The number of carbonyl (C=O) groups is 1. The average Bonchev–Trinajstić information content (AvgIpc) is 2.97. The Morgan fingerprint density at radius 2 is 2.37 bits per heavy atom. The van der Waals surface area contributed by atoms with Gasteiger partial charge in [-0.3, -0.25) is 4.79 Å². The van der Waals surface area contributed by atoms with Gasteiger partial charge in [-0.2, -0.15) is 5.26 Å². The van der Waals surface area contributed by atoms with Crippen molar-refractivity contribution in [1.82, 2.24) is 5.32 Å². The summed E-state index contributed by atoms with van der Waals surface area (Å²) in [5.41, 5.74) is 1.58. The Kier molecular flexibility index (Phi) is 4.56. The zero-order chi connectivity index (χ0) is 13.8. The lowest BCUT2D eigenvalue weighted by molar-refractivity contribution is -0.116. The highest BCUT2D eigenvalue weighted by Crippen LogP contribution is 2.31. The van der Waals surface area contributed by atoms with Crippen LogP contribution in [0.2, 0.25) is 0 Å². The first kappa shape index (κ1) is 14.0. The number of thiophene rings is 1. The van der Waals surface area contributed by atoms with Gasteiger partial charge in [-0.15, -0.1) is 11.3 Å². The van der Waals surface area contributed by atoms with Crippen LogP contribution < -0.4 is 10.6 Å². The molecule has 5 heteroatoms. The maximum atomic E-state index is 11.9. The van der Waals surface area contributed by atoms with Gasteiger partial charge >= 0.3 is 0 Å². The molecular formula is C14H19N3OS. The van der Waals surface area contributed by atoms with Crippen LogP contribution in [-0.4, -0.2) is 19.0 Å². The molecule has 1 saturated heterocycles. The third kappa shape index (κ3) is 3.34. The number of anilines is 1. The topological polar surface area (TPSA) is 64.9 Å². The third-order valence-corrected chi connectivity index (χ3v) is 4.81. The smallest absolute Gasteiger partial charge is 0.225 e. The summed E-state index contributed by atoms with van der Waals surface area (Å²) in [6.07, 6.45) is 2.62. The molecule has 0 aliphatic carbocycles. The first-order valence-corrected chi connectivity index (χ1v) is 7.44. The second-order valence-electron chi connectivity index (χ2n) is 5.04.